The molecule has 0 unspecified atom stereocenters. The van der Waals surface area contributed by atoms with Crippen LogP contribution in [0, 0.1) is 11.7 Å². The number of thiophene rings is 1. The first-order chi connectivity index (χ1) is 15.6. The van der Waals surface area contributed by atoms with Gasteiger partial charge in [-0.1, -0.05) is 18.5 Å². The largest absolute Gasteiger partial charge is 0.484 e. The van der Waals surface area contributed by atoms with Gasteiger partial charge in [-0.15, -0.1) is 11.3 Å². The van der Waals surface area contributed by atoms with Crippen LogP contribution < -0.4 is 15.4 Å². The van der Waals surface area contributed by atoms with Gasteiger partial charge in [0.2, 0.25) is 0 Å². The van der Waals surface area contributed by atoms with Crippen molar-refractivity contribution in [2.75, 3.05) is 6.61 Å². The molecule has 2 amide bonds. The van der Waals surface area contributed by atoms with E-state index in [0.29, 0.717) is 32.1 Å². The number of carbonyl (C=O) groups excluding carboxylic acids is 2. The van der Waals surface area contributed by atoms with E-state index >= 15 is 0 Å². The number of hydrogen-bond donors (Lipinski definition) is 2. The Kier molecular flexibility index (Phi) is 6.64. The minimum atomic E-state index is -2.60. The van der Waals surface area contributed by atoms with Crippen molar-refractivity contribution in [2.45, 2.75) is 56.5 Å². The van der Waals surface area contributed by atoms with Gasteiger partial charge in [-0.2, -0.15) is 0 Å². The van der Waals surface area contributed by atoms with E-state index < -0.39 is 23.3 Å². The van der Waals surface area contributed by atoms with Crippen molar-refractivity contribution in [3.63, 3.8) is 0 Å². The Balaban J connectivity index is 1.34. The lowest BCUT2D eigenvalue weighted by molar-refractivity contribution is -0.128. The first kappa shape index (κ1) is 23.9. The van der Waals surface area contributed by atoms with E-state index in [0.717, 1.165) is 17.4 Å². The van der Waals surface area contributed by atoms with E-state index in [9.17, 15) is 22.8 Å². The van der Waals surface area contributed by atoms with Gasteiger partial charge < -0.3 is 15.4 Å². The Labute approximate surface area is 198 Å². The summed E-state index contributed by atoms with van der Waals surface area (Å²) < 4.78 is 44.6. The van der Waals surface area contributed by atoms with Gasteiger partial charge in [0, 0.05) is 28.1 Å². The Morgan fingerprint density at radius 1 is 1.21 bits per heavy atom. The Bertz CT molecular complexity index is 1050. The van der Waals surface area contributed by atoms with Crippen LogP contribution in [0.25, 0.3) is 0 Å². The van der Waals surface area contributed by atoms with E-state index in [1.54, 1.807) is 0 Å². The number of ether oxygens (including phenoxy) is 1. The van der Waals surface area contributed by atoms with E-state index in [1.807, 2.05) is 6.92 Å². The monoisotopic (exact) mass is 500 g/mol. The molecule has 0 radical (unpaired) electrons. The fourth-order valence-electron chi connectivity index (χ4n) is 4.99. The van der Waals surface area contributed by atoms with E-state index in [4.69, 9.17) is 16.3 Å². The van der Waals surface area contributed by atoms with Gasteiger partial charge in [0.25, 0.3) is 18.2 Å². The van der Waals surface area contributed by atoms with Crippen LogP contribution in [0.3, 0.4) is 0 Å². The van der Waals surface area contributed by atoms with Gasteiger partial charge in [0.05, 0.1) is 9.90 Å². The number of carbonyl (C=O) groups is 2. The number of nitrogens with one attached hydrogen (secondary N) is 2. The Morgan fingerprint density at radius 3 is 2.55 bits per heavy atom. The minimum absolute atomic E-state index is 0.0203. The molecule has 2 N–H and O–H groups in total. The quantitative estimate of drug-likeness (QED) is 0.528. The summed E-state index contributed by atoms with van der Waals surface area (Å²) in [4.78, 5) is 25.5. The maximum atomic E-state index is 13.5. The summed E-state index contributed by atoms with van der Waals surface area (Å²) in [5.41, 5.74) is -0.951. The molecule has 3 aliphatic rings. The lowest BCUT2D eigenvalue weighted by atomic mass is 9.56. The molecule has 0 spiro atoms. The molecule has 3 saturated carbocycles. The standard InChI is InChI=1S/C23H24ClF3N2O3S/c1-13-10-22(29-21(31)18-8-14(12-33-18)20(26)27)4-6-23(13,7-5-22)28-19(30)11-32-15-2-3-16(24)17(25)9-15/h2-3,8-9,12-13,20H,4-7,10-11H2,1H3,(H,28,30)(H,29,31)/t13-,22?,23?/m0/s1. The number of halogens is 4. The van der Waals surface area contributed by atoms with Crippen molar-refractivity contribution in [1.29, 1.82) is 0 Å². The molecule has 33 heavy (non-hydrogen) atoms. The van der Waals surface area contributed by atoms with Crippen molar-refractivity contribution in [3.8, 4) is 5.75 Å². The molecule has 1 atom stereocenters. The van der Waals surface area contributed by atoms with Crippen LogP contribution in [0.5, 0.6) is 5.75 Å². The van der Waals surface area contributed by atoms with Crippen LogP contribution in [0.4, 0.5) is 13.2 Å². The zero-order chi connectivity index (χ0) is 23.8. The highest BCUT2D eigenvalue weighted by atomic mass is 35.5. The molecule has 178 valence electrons. The summed E-state index contributed by atoms with van der Waals surface area (Å²) in [6, 6.07) is 5.24. The van der Waals surface area contributed by atoms with Crippen molar-refractivity contribution in [3.05, 3.63) is 50.9 Å². The first-order valence-corrected chi connectivity index (χ1v) is 12.0. The number of hydrogen-bond acceptors (Lipinski definition) is 4. The van der Waals surface area contributed by atoms with Gasteiger partial charge in [-0.25, -0.2) is 13.2 Å². The lowest BCUT2D eigenvalue weighted by Crippen LogP contribution is -2.67. The molecule has 2 aromatic rings. The van der Waals surface area contributed by atoms with E-state index in [1.165, 1.54) is 23.6 Å². The zero-order valence-corrected chi connectivity index (χ0v) is 19.5. The van der Waals surface area contributed by atoms with Crippen LogP contribution in [0.2, 0.25) is 5.02 Å². The average molecular weight is 501 g/mol. The molecule has 5 rings (SSSR count). The molecule has 2 bridgehead atoms. The summed E-state index contributed by atoms with van der Waals surface area (Å²) in [6.45, 7) is 1.79. The van der Waals surface area contributed by atoms with Crippen molar-refractivity contribution in [2.24, 2.45) is 5.92 Å². The average Bonchev–Trinajstić information content (AvgIpc) is 3.27. The molecular weight excluding hydrogens is 477 g/mol. The van der Waals surface area contributed by atoms with Crippen molar-refractivity contribution in [1.82, 2.24) is 10.6 Å². The zero-order valence-electron chi connectivity index (χ0n) is 17.9. The summed E-state index contributed by atoms with van der Waals surface area (Å²) in [5.74, 6) is -0.935. The topological polar surface area (TPSA) is 67.4 Å². The maximum absolute atomic E-state index is 13.5. The molecule has 1 heterocycles. The van der Waals surface area contributed by atoms with Crippen LogP contribution in [0.1, 0.15) is 60.7 Å². The molecule has 3 aliphatic carbocycles. The van der Waals surface area contributed by atoms with Gasteiger partial charge in [0.15, 0.2) is 6.61 Å². The minimum Gasteiger partial charge on any atom is -0.484 e. The second-order valence-electron chi connectivity index (χ2n) is 8.95. The van der Waals surface area contributed by atoms with Crippen molar-refractivity contribution < 1.29 is 27.5 Å². The summed E-state index contributed by atoms with van der Waals surface area (Å²) in [6.07, 6.45) is 0.803. The molecular formula is C23H24ClF3N2O3S. The third-order valence-corrected chi connectivity index (χ3v) is 8.12. The predicted molar refractivity (Wildman–Crippen MR) is 120 cm³/mol. The number of fused-ring (bicyclic) bond motifs is 3. The van der Waals surface area contributed by atoms with Crippen molar-refractivity contribution >= 4 is 34.8 Å². The number of rotatable bonds is 7. The van der Waals surface area contributed by atoms with Gasteiger partial charge in [-0.05, 0) is 56.2 Å². The van der Waals surface area contributed by atoms with Gasteiger partial charge in [0.1, 0.15) is 11.6 Å². The van der Waals surface area contributed by atoms with Gasteiger partial charge >= 0.3 is 0 Å². The molecule has 1 aromatic carbocycles. The highest BCUT2D eigenvalue weighted by Gasteiger charge is 2.54. The second-order valence-corrected chi connectivity index (χ2v) is 10.3. The SMILES string of the molecule is C[C@H]1CC2(NC(=O)c3cc(C(F)F)cs3)CCC1(NC(=O)COc1ccc(Cl)c(F)c1)CC2. The predicted octanol–water partition coefficient (Wildman–Crippen LogP) is 5.49. The second kappa shape index (κ2) is 9.18. The fraction of sp³-hybridized carbons (Fsp3) is 0.478. The Morgan fingerprint density at radius 2 is 1.94 bits per heavy atom. The van der Waals surface area contributed by atoms with Crippen LogP contribution in [-0.2, 0) is 4.79 Å². The molecule has 5 nitrogen and oxygen atoms in total. The third kappa shape index (κ3) is 4.99. The number of amides is 2. The number of benzene rings is 1. The highest BCUT2D eigenvalue weighted by Crippen LogP contribution is 2.50. The fourth-order valence-corrected chi connectivity index (χ4v) is 5.91. The first-order valence-electron chi connectivity index (χ1n) is 10.7. The van der Waals surface area contributed by atoms with E-state index in [-0.39, 0.29) is 45.6 Å². The normalized spacial score (nSPS) is 26.3. The summed E-state index contributed by atoms with van der Waals surface area (Å²) >= 11 is 6.67. The maximum Gasteiger partial charge on any atom is 0.264 e. The molecule has 10 heteroatoms. The van der Waals surface area contributed by atoms with E-state index in [2.05, 4.69) is 10.6 Å². The Hall–Kier alpha value is -2.26. The van der Waals surface area contributed by atoms with Crippen LogP contribution >= 0.6 is 22.9 Å². The molecule has 0 saturated heterocycles. The molecule has 0 aliphatic heterocycles. The van der Waals surface area contributed by atoms with Crippen LogP contribution in [-0.4, -0.2) is 29.5 Å². The lowest BCUT2D eigenvalue weighted by Gasteiger charge is -2.57. The van der Waals surface area contributed by atoms with Crippen LogP contribution in [0.15, 0.2) is 29.6 Å². The summed E-state index contributed by atoms with van der Waals surface area (Å²) in [5, 5.41) is 7.48. The molecule has 3 fully saturated rings. The third-order valence-electron chi connectivity index (χ3n) is 6.86. The number of alkyl halides is 2. The summed E-state index contributed by atoms with van der Waals surface area (Å²) in [7, 11) is 0. The van der Waals surface area contributed by atoms with Gasteiger partial charge in [-0.3, -0.25) is 9.59 Å². The highest BCUT2D eigenvalue weighted by molar-refractivity contribution is 7.12. The smallest absolute Gasteiger partial charge is 0.264 e. The molecule has 1 aromatic heterocycles.